The largest absolute Gasteiger partial charge is 0.493 e. The highest BCUT2D eigenvalue weighted by atomic mass is 16.5. The number of nitrogens with two attached hydrogens (primary N) is 2. The van der Waals surface area contributed by atoms with Crippen LogP contribution in [0.25, 0.3) is 11.4 Å². The molecule has 9 nitrogen and oxygen atoms in total. The summed E-state index contributed by atoms with van der Waals surface area (Å²) in [4.78, 5) is 24.8. The highest BCUT2D eigenvalue weighted by Gasteiger charge is 2.23. The van der Waals surface area contributed by atoms with E-state index < -0.39 is 5.91 Å². The quantitative estimate of drug-likeness (QED) is 0.633. The third kappa shape index (κ3) is 3.84. The van der Waals surface area contributed by atoms with Crippen LogP contribution in [0.3, 0.4) is 0 Å². The lowest BCUT2D eigenvalue weighted by Gasteiger charge is -2.15. The number of carbonyl (C=O) groups excluding carboxylic acids is 1. The second-order valence-corrected chi connectivity index (χ2v) is 5.59. The predicted octanol–water partition coefficient (Wildman–Crippen LogP) is 1.91. The number of hydrogen-bond donors (Lipinski definition) is 2. The van der Waals surface area contributed by atoms with Crippen molar-refractivity contribution in [2.24, 2.45) is 11.5 Å². The minimum Gasteiger partial charge on any atom is -0.493 e. The van der Waals surface area contributed by atoms with E-state index in [0.717, 1.165) is 0 Å². The van der Waals surface area contributed by atoms with E-state index in [1.807, 2.05) is 0 Å². The minimum atomic E-state index is -0.792. The summed E-state index contributed by atoms with van der Waals surface area (Å²) in [7, 11) is 2.91. The number of methoxy groups -OCH3 is 2. The van der Waals surface area contributed by atoms with Crippen LogP contribution >= 0.6 is 0 Å². The Balaban J connectivity index is 2.13. The molecule has 0 aliphatic rings. The first-order chi connectivity index (χ1) is 13.6. The van der Waals surface area contributed by atoms with Gasteiger partial charge in [0.15, 0.2) is 23.0 Å². The molecule has 144 valence electrons. The molecule has 0 radical (unpaired) electrons. The Morgan fingerprint density at radius 1 is 1.07 bits per heavy atom. The molecule has 3 rings (SSSR count). The molecule has 0 bridgehead atoms. The van der Waals surface area contributed by atoms with Crippen LogP contribution in [0, 0.1) is 0 Å². The van der Waals surface area contributed by atoms with Gasteiger partial charge in [0.05, 0.1) is 19.9 Å². The molecular formula is C19H19N5O4. The Kier molecular flexibility index (Phi) is 5.66. The van der Waals surface area contributed by atoms with Crippen molar-refractivity contribution in [2.45, 2.75) is 6.54 Å². The number of para-hydroxylation sites is 2. The Morgan fingerprint density at radius 2 is 1.82 bits per heavy atom. The van der Waals surface area contributed by atoms with Gasteiger partial charge in [0.2, 0.25) is 5.75 Å². The molecule has 3 aromatic rings. The Labute approximate surface area is 161 Å². The zero-order valence-electron chi connectivity index (χ0n) is 15.4. The number of benzene rings is 1. The van der Waals surface area contributed by atoms with Gasteiger partial charge in [0, 0.05) is 18.3 Å². The van der Waals surface area contributed by atoms with Crippen LogP contribution in [-0.2, 0) is 6.54 Å². The fourth-order valence-electron chi connectivity index (χ4n) is 2.50. The van der Waals surface area contributed by atoms with Crippen LogP contribution in [0.5, 0.6) is 23.1 Å². The molecule has 0 fully saturated rings. The average molecular weight is 381 g/mol. The van der Waals surface area contributed by atoms with Gasteiger partial charge in [-0.2, -0.15) is 4.98 Å². The van der Waals surface area contributed by atoms with Gasteiger partial charge in [-0.05, 0) is 24.3 Å². The number of aromatic nitrogens is 3. The number of hydrogen-bond acceptors (Lipinski definition) is 8. The predicted molar refractivity (Wildman–Crippen MR) is 101 cm³/mol. The normalized spacial score (nSPS) is 10.4. The Bertz CT molecular complexity index is 1010. The second-order valence-electron chi connectivity index (χ2n) is 5.59. The number of amides is 1. The maximum atomic E-state index is 12.1. The van der Waals surface area contributed by atoms with Crippen molar-refractivity contribution in [2.75, 3.05) is 14.2 Å². The summed E-state index contributed by atoms with van der Waals surface area (Å²) in [5.74, 6) is 0.310. The lowest BCUT2D eigenvalue weighted by molar-refractivity contribution is 0.0992. The molecule has 1 amide bonds. The number of pyridine rings is 1. The highest BCUT2D eigenvalue weighted by Crippen LogP contribution is 2.38. The molecule has 0 aliphatic heterocycles. The standard InChI is InChI=1S/C19H19N5O4/c1-26-13-5-3-4-6-14(13)28-16-15(17(21)25)23-18(24-19(16)27-2)11-7-8-22-12(9-11)10-20/h3-9H,10,20H2,1-2H3,(H2,21,25). The van der Waals surface area contributed by atoms with Crippen molar-refractivity contribution in [1.29, 1.82) is 0 Å². The molecule has 0 saturated carbocycles. The molecule has 0 spiro atoms. The van der Waals surface area contributed by atoms with Gasteiger partial charge >= 0.3 is 0 Å². The van der Waals surface area contributed by atoms with Crippen LogP contribution in [0.1, 0.15) is 16.2 Å². The molecule has 0 aliphatic carbocycles. The molecule has 4 N–H and O–H groups in total. The number of primary amides is 1. The van der Waals surface area contributed by atoms with Crippen molar-refractivity contribution >= 4 is 5.91 Å². The second kappa shape index (κ2) is 8.31. The molecule has 28 heavy (non-hydrogen) atoms. The lowest BCUT2D eigenvalue weighted by Crippen LogP contribution is -2.16. The third-order valence-corrected chi connectivity index (χ3v) is 3.83. The first-order valence-corrected chi connectivity index (χ1v) is 8.29. The van der Waals surface area contributed by atoms with Crippen LogP contribution in [0.2, 0.25) is 0 Å². The van der Waals surface area contributed by atoms with Crippen molar-refractivity contribution in [1.82, 2.24) is 15.0 Å². The van der Waals surface area contributed by atoms with Crippen LogP contribution in [0.15, 0.2) is 42.6 Å². The van der Waals surface area contributed by atoms with E-state index in [9.17, 15) is 4.79 Å². The zero-order valence-corrected chi connectivity index (χ0v) is 15.4. The van der Waals surface area contributed by atoms with E-state index in [1.54, 1.807) is 42.6 Å². The monoisotopic (exact) mass is 381 g/mol. The fraction of sp³-hybridized carbons (Fsp3) is 0.158. The fourth-order valence-corrected chi connectivity index (χ4v) is 2.50. The van der Waals surface area contributed by atoms with E-state index in [0.29, 0.717) is 22.8 Å². The number of nitrogens with zero attached hydrogens (tertiary/aromatic N) is 3. The van der Waals surface area contributed by atoms with Gasteiger partial charge in [-0.25, -0.2) is 4.98 Å². The van der Waals surface area contributed by atoms with Crippen molar-refractivity contribution < 1.29 is 19.0 Å². The van der Waals surface area contributed by atoms with E-state index in [1.165, 1.54) is 14.2 Å². The number of ether oxygens (including phenoxy) is 3. The highest BCUT2D eigenvalue weighted by molar-refractivity contribution is 5.95. The molecule has 0 saturated heterocycles. The minimum absolute atomic E-state index is 0.00338. The van der Waals surface area contributed by atoms with Crippen LogP contribution < -0.4 is 25.7 Å². The van der Waals surface area contributed by atoms with Gasteiger partial charge < -0.3 is 25.7 Å². The maximum absolute atomic E-state index is 12.1. The van der Waals surface area contributed by atoms with E-state index in [-0.39, 0.29) is 29.7 Å². The summed E-state index contributed by atoms with van der Waals surface area (Å²) in [5, 5.41) is 0. The summed E-state index contributed by atoms with van der Waals surface area (Å²) in [6, 6.07) is 10.4. The van der Waals surface area contributed by atoms with Gasteiger partial charge in [0.25, 0.3) is 11.8 Å². The van der Waals surface area contributed by atoms with Gasteiger partial charge in [-0.3, -0.25) is 9.78 Å². The Morgan fingerprint density at radius 3 is 2.46 bits per heavy atom. The van der Waals surface area contributed by atoms with E-state index in [4.69, 9.17) is 25.7 Å². The molecule has 2 heterocycles. The summed E-state index contributed by atoms with van der Waals surface area (Å²) < 4.78 is 16.4. The molecule has 2 aromatic heterocycles. The summed E-state index contributed by atoms with van der Waals surface area (Å²) in [6.45, 7) is 0.253. The maximum Gasteiger partial charge on any atom is 0.271 e. The molecule has 0 atom stereocenters. The van der Waals surface area contributed by atoms with Crippen LogP contribution in [0.4, 0.5) is 0 Å². The molecule has 0 unspecified atom stereocenters. The van der Waals surface area contributed by atoms with Gasteiger partial charge in [0.1, 0.15) is 0 Å². The van der Waals surface area contributed by atoms with Crippen molar-refractivity contribution in [3.8, 4) is 34.5 Å². The van der Waals surface area contributed by atoms with Gasteiger partial charge in [-0.1, -0.05) is 12.1 Å². The summed E-state index contributed by atoms with van der Waals surface area (Å²) >= 11 is 0. The molecular weight excluding hydrogens is 362 g/mol. The lowest BCUT2D eigenvalue weighted by atomic mass is 10.2. The molecule has 9 heteroatoms. The Hall–Kier alpha value is -3.72. The summed E-state index contributed by atoms with van der Waals surface area (Å²) in [6.07, 6.45) is 1.58. The molecule has 1 aromatic carbocycles. The summed E-state index contributed by atoms with van der Waals surface area (Å²) in [5.41, 5.74) is 12.3. The van der Waals surface area contributed by atoms with Crippen molar-refractivity contribution in [3.05, 3.63) is 54.0 Å². The first kappa shape index (κ1) is 19.1. The van der Waals surface area contributed by atoms with E-state index >= 15 is 0 Å². The number of carbonyl (C=O) groups is 1. The van der Waals surface area contributed by atoms with Gasteiger partial charge in [-0.15, -0.1) is 0 Å². The van der Waals surface area contributed by atoms with Crippen LogP contribution in [-0.4, -0.2) is 35.1 Å². The van der Waals surface area contributed by atoms with E-state index in [2.05, 4.69) is 15.0 Å². The van der Waals surface area contributed by atoms with Crippen molar-refractivity contribution in [3.63, 3.8) is 0 Å². The third-order valence-electron chi connectivity index (χ3n) is 3.83. The first-order valence-electron chi connectivity index (χ1n) is 8.29. The SMILES string of the molecule is COc1ccccc1Oc1c(OC)nc(-c2ccnc(CN)c2)nc1C(N)=O. The average Bonchev–Trinajstić information content (AvgIpc) is 2.74. The zero-order chi connectivity index (χ0) is 20.1. The number of rotatable bonds is 7. The topological polar surface area (TPSA) is 135 Å². The smallest absolute Gasteiger partial charge is 0.271 e.